The summed E-state index contributed by atoms with van der Waals surface area (Å²) in [6, 6.07) is 9.43. The third-order valence-corrected chi connectivity index (χ3v) is 2.50. The van der Waals surface area contributed by atoms with Crippen molar-refractivity contribution >= 4 is 11.9 Å². The second-order valence-corrected chi connectivity index (χ2v) is 3.88. The summed E-state index contributed by atoms with van der Waals surface area (Å²) in [4.78, 5) is 15.7. The Bertz CT molecular complexity index is 491. The van der Waals surface area contributed by atoms with Gasteiger partial charge in [-0.05, 0) is 26.0 Å². The molecule has 0 saturated heterocycles. The molecule has 0 amide bonds. The molecule has 1 heterocycles. The number of ether oxygens (including phenoxy) is 2. The van der Waals surface area contributed by atoms with Crippen molar-refractivity contribution in [3.05, 3.63) is 47.7 Å². The fourth-order valence-corrected chi connectivity index (χ4v) is 1.63. The second kappa shape index (κ2) is 5.49. The fourth-order valence-electron chi connectivity index (χ4n) is 1.63. The molecular formula is C14H15NO3. The minimum absolute atomic E-state index is 0.162. The SMILES string of the molecule is CCOC(=O)/C=C1\OC(c2ccccc2)=NC1C. The van der Waals surface area contributed by atoms with E-state index in [1.54, 1.807) is 6.92 Å². The maximum Gasteiger partial charge on any atom is 0.334 e. The molecule has 0 bridgehead atoms. The van der Waals surface area contributed by atoms with E-state index in [-0.39, 0.29) is 6.04 Å². The van der Waals surface area contributed by atoms with Gasteiger partial charge in [0.25, 0.3) is 0 Å². The fraction of sp³-hybridized carbons (Fsp3) is 0.286. The molecule has 2 rings (SSSR count). The van der Waals surface area contributed by atoms with Crippen molar-refractivity contribution in [2.45, 2.75) is 19.9 Å². The van der Waals surface area contributed by atoms with Crippen molar-refractivity contribution in [1.29, 1.82) is 0 Å². The summed E-state index contributed by atoms with van der Waals surface area (Å²) < 4.78 is 10.4. The smallest absolute Gasteiger partial charge is 0.334 e. The summed E-state index contributed by atoms with van der Waals surface area (Å²) in [6.07, 6.45) is 1.35. The van der Waals surface area contributed by atoms with Crippen LogP contribution < -0.4 is 0 Å². The lowest BCUT2D eigenvalue weighted by Gasteiger charge is -2.04. The highest BCUT2D eigenvalue weighted by Gasteiger charge is 2.23. The Hall–Kier alpha value is -2.10. The number of carbonyl (C=O) groups excluding carboxylic acids is 1. The lowest BCUT2D eigenvalue weighted by molar-refractivity contribution is -0.137. The molecule has 0 spiro atoms. The molecule has 0 aliphatic carbocycles. The Balaban J connectivity index is 2.12. The maximum absolute atomic E-state index is 11.4. The van der Waals surface area contributed by atoms with Gasteiger partial charge in [0, 0.05) is 5.56 Å². The van der Waals surface area contributed by atoms with E-state index < -0.39 is 5.97 Å². The summed E-state index contributed by atoms with van der Waals surface area (Å²) in [6.45, 7) is 3.99. The Kier molecular flexibility index (Phi) is 3.77. The van der Waals surface area contributed by atoms with E-state index in [4.69, 9.17) is 9.47 Å². The van der Waals surface area contributed by atoms with E-state index in [1.807, 2.05) is 37.3 Å². The van der Waals surface area contributed by atoms with Gasteiger partial charge in [-0.2, -0.15) is 0 Å². The van der Waals surface area contributed by atoms with Gasteiger partial charge in [-0.15, -0.1) is 0 Å². The van der Waals surface area contributed by atoms with Gasteiger partial charge in [-0.3, -0.25) is 0 Å². The van der Waals surface area contributed by atoms with Crippen molar-refractivity contribution in [3.63, 3.8) is 0 Å². The molecule has 0 aromatic heterocycles. The summed E-state index contributed by atoms with van der Waals surface area (Å²) >= 11 is 0. The van der Waals surface area contributed by atoms with Crippen LogP contribution in [0, 0.1) is 0 Å². The van der Waals surface area contributed by atoms with E-state index in [1.165, 1.54) is 6.08 Å². The number of nitrogens with zero attached hydrogens (tertiary/aromatic N) is 1. The zero-order valence-electron chi connectivity index (χ0n) is 10.4. The molecule has 1 aromatic carbocycles. The van der Waals surface area contributed by atoms with Crippen molar-refractivity contribution in [1.82, 2.24) is 0 Å². The lowest BCUT2D eigenvalue weighted by Crippen LogP contribution is -2.06. The van der Waals surface area contributed by atoms with Gasteiger partial charge in [0.1, 0.15) is 11.8 Å². The van der Waals surface area contributed by atoms with Gasteiger partial charge in [0.05, 0.1) is 12.7 Å². The van der Waals surface area contributed by atoms with Crippen LogP contribution in [-0.4, -0.2) is 24.5 Å². The molecule has 1 atom stereocenters. The molecule has 1 aromatic rings. The number of rotatable bonds is 3. The molecule has 4 nitrogen and oxygen atoms in total. The number of benzene rings is 1. The molecule has 0 saturated carbocycles. The van der Waals surface area contributed by atoms with Crippen LogP contribution in [0.1, 0.15) is 19.4 Å². The number of aliphatic imine (C=N–C) groups is 1. The van der Waals surface area contributed by atoms with Crippen LogP contribution in [0.2, 0.25) is 0 Å². The quantitative estimate of drug-likeness (QED) is 0.606. The maximum atomic E-state index is 11.4. The highest BCUT2D eigenvalue weighted by Crippen LogP contribution is 2.21. The minimum Gasteiger partial charge on any atom is -0.463 e. The normalized spacial score (nSPS) is 20.4. The monoisotopic (exact) mass is 245 g/mol. The van der Waals surface area contributed by atoms with Crippen molar-refractivity contribution in [2.75, 3.05) is 6.61 Å². The van der Waals surface area contributed by atoms with Crippen LogP contribution in [0.25, 0.3) is 0 Å². The summed E-state index contributed by atoms with van der Waals surface area (Å²) in [5.74, 6) is 0.662. The Morgan fingerprint density at radius 3 is 2.83 bits per heavy atom. The molecule has 1 aliphatic heterocycles. The van der Waals surface area contributed by atoms with Crippen LogP contribution in [0.15, 0.2) is 47.2 Å². The number of hydrogen-bond donors (Lipinski definition) is 0. The van der Waals surface area contributed by atoms with E-state index in [9.17, 15) is 4.79 Å². The van der Waals surface area contributed by atoms with Gasteiger partial charge in [0.2, 0.25) is 5.90 Å². The van der Waals surface area contributed by atoms with E-state index in [2.05, 4.69) is 4.99 Å². The highest BCUT2D eigenvalue weighted by molar-refractivity contribution is 5.97. The molecular weight excluding hydrogens is 230 g/mol. The minimum atomic E-state index is -0.399. The number of carbonyl (C=O) groups is 1. The second-order valence-electron chi connectivity index (χ2n) is 3.88. The Morgan fingerprint density at radius 1 is 1.44 bits per heavy atom. The molecule has 1 unspecified atom stereocenters. The van der Waals surface area contributed by atoms with Crippen LogP contribution in [0.3, 0.4) is 0 Å². The molecule has 94 valence electrons. The first-order chi connectivity index (χ1) is 8.70. The summed E-state index contributed by atoms with van der Waals surface area (Å²) in [5.41, 5.74) is 0.900. The van der Waals surface area contributed by atoms with Gasteiger partial charge in [0.15, 0.2) is 0 Å². The molecule has 0 N–H and O–H groups in total. The van der Waals surface area contributed by atoms with E-state index >= 15 is 0 Å². The summed E-state index contributed by atoms with van der Waals surface area (Å²) in [7, 11) is 0. The van der Waals surface area contributed by atoms with E-state index in [0.717, 1.165) is 5.56 Å². The lowest BCUT2D eigenvalue weighted by atomic mass is 10.2. The molecule has 18 heavy (non-hydrogen) atoms. The topological polar surface area (TPSA) is 47.9 Å². The van der Waals surface area contributed by atoms with Crippen molar-refractivity contribution < 1.29 is 14.3 Å². The van der Waals surface area contributed by atoms with Crippen LogP contribution in [0.4, 0.5) is 0 Å². The third-order valence-electron chi connectivity index (χ3n) is 2.50. The zero-order valence-corrected chi connectivity index (χ0v) is 10.4. The first-order valence-electron chi connectivity index (χ1n) is 5.90. The Labute approximate surface area is 106 Å². The van der Waals surface area contributed by atoms with E-state index in [0.29, 0.717) is 18.3 Å². The van der Waals surface area contributed by atoms with Gasteiger partial charge in [-0.25, -0.2) is 9.79 Å². The number of hydrogen-bond acceptors (Lipinski definition) is 4. The van der Waals surface area contributed by atoms with Gasteiger partial charge in [-0.1, -0.05) is 18.2 Å². The van der Waals surface area contributed by atoms with Gasteiger partial charge >= 0.3 is 5.97 Å². The standard InChI is InChI=1S/C14H15NO3/c1-3-17-13(16)9-12-10(2)15-14(18-12)11-7-5-4-6-8-11/h4-10H,3H2,1-2H3/b12-9-. The largest absolute Gasteiger partial charge is 0.463 e. The van der Waals surface area contributed by atoms with Crippen molar-refractivity contribution in [2.24, 2.45) is 4.99 Å². The zero-order chi connectivity index (χ0) is 13.0. The number of esters is 1. The average Bonchev–Trinajstić information content (AvgIpc) is 2.72. The first-order valence-corrected chi connectivity index (χ1v) is 5.90. The predicted octanol–water partition coefficient (Wildman–Crippen LogP) is 2.30. The van der Waals surface area contributed by atoms with Crippen LogP contribution in [0.5, 0.6) is 0 Å². The predicted molar refractivity (Wildman–Crippen MR) is 68.2 cm³/mol. The first kappa shape index (κ1) is 12.4. The molecule has 4 heteroatoms. The summed E-state index contributed by atoms with van der Waals surface area (Å²) in [5, 5.41) is 0. The average molecular weight is 245 g/mol. The molecule has 1 aliphatic rings. The third kappa shape index (κ3) is 2.77. The van der Waals surface area contributed by atoms with Crippen LogP contribution >= 0.6 is 0 Å². The van der Waals surface area contributed by atoms with Gasteiger partial charge < -0.3 is 9.47 Å². The Morgan fingerprint density at radius 2 is 2.17 bits per heavy atom. The van der Waals surface area contributed by atoms with Crippen LogP contribution in [-0.2, 0) is 14.3 Å². The highest BCUT2D eigenvalue weighted by atomic mass is 16.5. The molecule has 0 radical (unpaired) electrons. The molecule has 0 fully saturated rings. The van der Waals surface area contributed by atoms with Crippen molar-refractivity contribution in [3.8, 4) is 0 Å².